The molecule has 0 bridgehead atoms. The molecule has 0 spiro atoms. The van der Waals surface area contributed by atoms with Crippen LogP contribution in [-0.4, -0.2) is 43.2 Å². The number of rotatable bonds is 8. The summed E-state index contributed by atoms with van der Waals surface area (Å²) in [5.41, 5.74) is 2.08. The molecule has 4 heteroatoms. The molecular formula is C13H20N2O2. The molecule has 0 aliphatic rings. The molecule has 1 amide bonds. The number of nitrogens with one attached hydrogen (secondary N) is 1. The van der Waals surface area contributed by atoms with Gasteiger partial charge in [-0.05, 0) is 44.1 Å². The summed E-state index contributed by atoms with van der Waals surface area (Å²) in [5, 5.41) is 11.4. The zero-order valence-electron chi connectivity index (χ0n) is 10.2. The van der Waals surface area contributed by atoms with E-state index in [2.05, 4.69) is 10.2 Å². The largest absolute Gasteiger partial charge is 0.395 e. The van der Waals surface area contributed by atoms with E-state index in [1.165, 1.54) is 5.56 Å². The van der Waals surface area contributed by atoms with Crippen LogP contribution in [0.3, 0.4) is 0 Å². The molecule has 2 N–H and O–H groups in total. The van der Waals surface area contributed by atoms with Crippen molar-refractivity contribution in [2.45, 2.75) is 12.8 Å². The number of hydrogen-bond donors (Lipinski definition) is 2. The Bertz CT molecular complexity index is 325. The third-order valence-corrected chi connectivity index (χ3v) is 2.67. The van der Waals surface area contributed by atoms with Gasteiger partial charge in [-0.15, -0.1) is 0 Å². The van der Waals surface area contributed by atoms with Crippen LogP contribution in [0.5, 0.6) is 0 Å². The smallest absolute Gasteiger partial charge is 0.211 e. The fraction of sp³-hybridized carbons (Fsp3) is 0.462. The molecule has 1 aromatic rings. The summed E-state index contributed by atoms with van der Waals surface area (Å²) in [7, 11) is 2.01. The van der Waals surface area contributed by atoms with Crippen LogP contribution < -0.4 is 5.32 Å². The number of aliphatic hydroxyl groups excluding tert-OH is 1. The topological polar surface area (TPSA) is 52.6 Å². The van der Waals surface area contributed by atoms with E-state index in [4.69, 9.17) is 5.11 Å². The lowest BCUT2D eigenvalue weighted by molar-refractivity contribution is -0.105. The van der Waals surface area contributed by atoms with Crippen molar-refractivity contribution in [1.82, 2.24) is 4.90 Å². The van der Waals surface area contributed by atoms with Crippen molar-refractivity contribution in [2.24, 2.45) is 0 Å². The van der Waals surface area contributed by atoms with Crippen molar-refractivity contribution in [1.29, 1.82) is 0 Å². The van der Waals surface area contributed by atoms with Gasteiger partial charge >= 0.3 is 0 Å². The lowest BCUT2D eigenvalue weighted by atomic mass is 10.1. The highest BCUT2D eigenvalue weighted by Crippen LogP contribution is 2.10. The minimum absolute atomic E-state index is 0.211. The molecule has 0 saturated carbocycles. The zero-order chi connectivity index (χ0) is 12.5. The number of carbonyl (C=O) groups excluding carboxylic acids is 1. The third kappa shape index (κ3) is 5.47. The van der Waals surface area contributed by atoms with Crippen LogP contribution in [0.1, 0.15) is 12.0 Å². The maximum atomic E-state index is 10.2. The Hall–Kier alpha value is -1.39. The van der Waals surface area contributed by atoms with E-state index in [9.17, 15) is 4.79 Å². The standard InChI is InChI=1S/C13H20N2O2/c1-15(9-10-16)8-2-3-12-4-6-13(7-5-12)14-11-17/h4-7,11,16H,2-3,8-10H2,1H3,(H,14,17). The molecule has 94 valence electrons. The molecular weight excluding hydrogens is 216 g/mol. The van der Waals surface area contributed by atoms with Crippen molar-refractivity contribution in [3.8, 4) is 0 Å². The second-order valence-electron chi connectivity index (χ2n) is 4.09. The molecule has 0 heterocycles. The quantitative estimate of drug-likeness (QED) is 0.665. The van der Waals surface area contributed by atoms with Gasteiger partial charge in [0.25, 0.3) is 0 Å². The van der Waals surface area contributed by atoms with E-state index in [0.717, 1.165) is 31.6 Å². The summed E-state index contributed by atoms with van der Waals surface area (Å²) in [6.07, 6.45) is 2.76. The van der Waals surface area contributed by atoms with Gasteiger partial charge in [0.1, 0.15) is 0 Å². The van der Waals surface area contributed by atoms with Crippen LogP contribution in [0.4, 0.5) is 5.69 Å². The predicted molar refractivity (Wildman–Crippen MR) is 69.0 cm³/mol. The van der Waals surface area contributed by atoms with Crippen molar-refractivity contribution >= 4 is 12.1 Å². The van der Waals surface area contributed by atoms with E-state index < -0.39 is 0 Å². The summed E-state index contributed by atoms with van der Waals surface area (Å²) in [4.78, 5) is 12.3. The lowest BCUT2D eigenvalue weighted by Crippen LogP contribution is -2.23. The highest BCUT2D eigenvalue weighted by Gasteiger charge is 1.98. The Labute approximate surface area is 102 Å². The Morgan fingerprint density at radius 3 is 2.59 bits per heavy atom. The van der Waals surface area contributed by atoms with Crippen LogP contribution in [0.25, 0.3) is 0 Å². The fourth-order valence-corrected chi connectivity index (χ4v) is 1.67. The van der Waals surface area contributed by atoms with Gasteiger partial charge in [0.15, 0.2) is 0 Å². The molecule has 0 unspecified atom stereocenters. The van der Waals surface area contributed by atoms with Crippen molar-refractivity contribution < 1.29 is 9.90 Å². The van der Waals surface area contributed by atoms with Gasteiger partial charge in [-0.1, -0.05) is 12.1 Å². The summed E-state index contributed by atoms with van der Waals surface area (Å²) in [5.74, 6) is 0. The van der Waals surface area contributed by atoms with Crippen LogP contribution in [0.2, 0.25) is 0 Å². The van der Waals surface area contributed by atoms with Gasteiger partial charge in [0, 0.05) is 12.2 Å². The van der Waals surface area contributed by atoms with E-state index in [1.807, 2.05) is 31.3 Å². The van der Waals surface area contributed by atoms with Crippen molar-refractivity contribution in [3.05, 3.63) is 29.8 Å². The minimum Gasteiger partial charge on any atom is -0.395 e. The Morgan fingerprint density at radius 2 is 2.00 bits per heavy atom. The molecule has 0 aliphatic heterocycles. The second-order valence-corrected chi connectivity index (χ2v) is 4.09. The Kier molecular flexibility index (Phi) is 6.29. The molecule has 0 aliphatic carbocycles. The van der Waals surface area contributed by atoms with Gasteiger partial charge in [-0.3, -0.25) is 4.79 Å². The number of nitrogens with zero attached hydrogens (tertiary/aromatic N) is 1. The summed E-state index contributed by atoms with van der Waals surface area (Å²) in [6, 6.07) is 7.86. The number of carbonyl (C=O) groups is 1. The van der Waals surface area contributed by atoms with Crippen LogP contribution in [0, 0.1) is 0 Å². The number of amides is 1. The maximum Gasteiger partial charge on any atom is 0.211 e. The lowest BCUT2D eigenvalue weighted by Gasteiger charge is -2.14. The van der Waals surface area contributed by atoms with Gasteiger partial charge in [-0.25, -0.2) is 0 Å². The predicted octanol–water partition coefficient (Wildman–Crippen LogP) is 1.11. The van der Waals surface area contributed by atoms with E-state index >= 15 is 0 Å². The molecule has 0 fully saturated rings. The van der Waals surface area contributed by atoms with Gasteiger partial charge in [0.2, 0.25) is 6.41 Å². The number of benzene rings is 1. The minimum atomic E-state index is 0.211. The van der Waals surface area contributed by atoms with Gasteiger partial charge in [0.05, 0.1) is 6.61 Å². The van der Waals surface area contributed by atoms with E-state index in [1.54, 1.807) is 0 Å². The first-order valence-corrected chi connectivity index (χ1v) is 5.85. The monoisotopic (exact) mass is 236 g/mol. The molecule has 17 heavy (non-hydrogen) atoms. The number of aliphatic hydroxyl groups is 1. The average molecular weight is 236 g/mol. The molecule has 4 nitrogen and oxygen atoms in total. The highest BCUT2D eigenvalue weighted by atomic mass is 16.3. The molecule has 0 saturated heterocycles. The molecule has 0 atom stereocenters. The average Bonchev–Trinajstić information content (AvgIpc) is 2.32. The van der Waals surface area contributed by atoms with Crippen LogP contribution in [0.15, 0.2) is 24.3 Å². The Morgan fingerprint density at radius 1 is 1.29 bits per heavy atom. The molecule has 0 aromatic heterocycles. The SMILES string of the molecule is CN(CCO)CCCc1ccc(NC=O)cc1. The number of anilines is 1. The first-order chi connectivity index (χ1) is 8.26. The summed E-state index contributed by atoms with van der Waals surface area (Å²) in [6.45, 7) is 1.92. The number of hydrogen-bond acceptors (Lipinski definition) is 3. The first kappa shape index (κ1) is 13.7. The molecule has 1 aromatic carbocycles. The Balaban J connectivity index is 2.29. The zero-order valence-corrected chi connectivity index (χ0v) is 10.2. The van der Waals surface area contributed by atoms with E-state index in [-0.39, 0.29) is 6.61 Å². The van der Waals surface area contributed by atoms with Crippen molar-refractivity contribution in [3.63, 3.8) is 0 Å². The second kappa shape index (κ2) is 7.81. The van der Waals surface area contributed by atoms with Crippen LogP contribution >= 0.6 is 0 Å². The van der Waals surface area contributed by atoms with Gasteiger partial charge < -0.3 is 15.3 Å². The highest BCUT2D eigenvalue weighted by molar-refractivity contribution is 5.70. The van der Waals surface area contributed by atoms with Crippen molar-refractivity contribution in [2.75, 3.05) is 32.1 Å². The molecule has 0 radical (unpaired) electrons. The number of likely N-dealkylation sites (N-methyl/N-ethyl adjacent to an activating group) is 1. The normalized spacial score (nSPS) is 10.5. The number of aryl methyl sites for hydroxylation is 1. The van der Waals surface area contributed by atoms with Gasteiger partial charge in [-0.2, -0.15) is 0 Å². The van der Waals surface area contributed by atoms with E-state index in [0.29, 0.717) is 6.41 Å². The third-order valence-electron chi connectivity index (χ3n) is 2.67. The summed E-state index contributed by atoms with van der Waals surface area (Å²) >= 11 is 0. The first-order valence-electron chi connectivity index (χ1n) is 5.85. The summed E-state index contributed by atoms with van der Waals surface area (Å²) < 4.78 is 0. The fourth-order valence-electron chi connectivity index (χ4n) is 1.67. The molecule has 1 rings (SSSR count). The maximum absolute atomic E-state index is 10.2. The van der Waals surface area contributed by atoms with Crippen LogP contribution in [-0.2, 0) is 11.2 Å².